The van der Waals surface area contributed by atoms with Crippen LogP contribution in [0.1, 0.15) is 50.4 Å². The van der Waals surface area contributed by atoms with Crippen LogP contribution in [-0.2, 0) is 6.54 Å². The van der Waals surface area contributed by atoms with Gasteiger partial charge >= 0.3 is 0 Å². The number of hydrogen-bond donors (Lipinski definition) is 1. The molecule has 0 fully saturated rings. The third-order valence-corrected chi connectivity index (χ3v) is 5.47. The van der Waals surface area contributed by atoms with Crippen LogP contribution < -0.4 is 14.8 Å². The van der Waals surface area contributed by atoms with Gasteiger partial charge in [-0.15, -0.1) is 0 Å². The first kappa shape index (κ1) is 22.4. The average molecular weight is 388 g/mol. The van der Waals surface area contributed by atoms with E-state index in [1.807, 2.05) is 6.92 Å². The van der Waals surface area contributed by atoms with Crippen LogP contribution >= 0.6 is 0 Å². The monoisotopic (exact) mass is 387 g/mol. The predicted octanol–water partition coefficient (Wildman–Crippen LogP) is 4.47. The Kier molecular flexibility index (Phi) is 8.52. The van der Waals surface area contributed by atoms with Crippen molar-refractivity contribution in [1.29, 1.82) is 0 Å². The summed E-state index contributed by atoms with van der Waals surface area (Å²) in [5.41, 5.74) is 4.12. The van der Waals surface area contributed by atoms with Crippen LogP contribution in [0.5, 0.6) is 11.5 Å². The Labute approximate surface area is 170 Å². The van der Waals surface area contributed by atoms with Crippen LogP contribution in [0, 0.1) is 13.8 Å². The Morgan fingerprint density at radius 2 is 1.82 bits per heavy atom. The van der Waals surface area contributed by atoms with E-state index in [9.17, 15) is 0 Å². The van der Waals surface area contributed by atoms with Gasteiger partial charge in [0, 0.05) is 29.2 Å². The van der Waals surface area contributed by atoms with Gasteiger partial charge in [0.25, 0.3) is 0 Å². The molecule has 0 radical (unpaired) electrons. The lowest BCUT2D eigenvalue weighted by atomic mass is 10.0. The largest absolute Gasteiger partial charge is 0.496 e. The van der Waals surface area contributed by atoms with Crippen LogP contribution in [0.3, 0.4) is 0 Å². The Morgan fingerprint density at radius 1 is 1.11 bits per heavy atom. The van der Waals surface area contributed by atoms with E-state index in [1.54, 1.807) is 14.2 Å². The van der Waals surface area contributed by atoms with E-state index < -0.39 is 0 Å². The minimum absolute atomic E-state index is 0.444. The predicted molar refractivity (Wildman–Crippen MR) is 118 cm³/mol. The fourth-order valence-electron chi connectivity index (χ4n) is 3.82. The van der Waals surface area contributed by atoms with Crippen LogP contribution in [-0.4, -0.2) is 49.8 Å². The molecule has 0 saturated carbocycles. The first-order valence-electron chi connectivity index (χ1n) is 10.4. The Hall–Kier alpha value is -1.85. The van der Waals surface area contributed by atoms with Gasteiger partial charge in [-0.1, -0.05) is 13.8 Å². The molecule has 1 aromatic heterocycles. The average Bonchev–Trinajstić information content (AvgIpc) is 2.68. The van der Waals surface area contributed by atoms with Gasteiger partial charge in [-0.3, -0.25) is 0 Å². The summed E-state index contributed by atoms with van der Waals surface area (Å²) in [7, 11) is 3.44. The number of nitrogens with one attached hydrogen (secondary N) is 1. The molecule has 0 amide bonds. The highest BCUT2D eigenvalue weighted by molar-refractivity contribution is 5.94. The summed E-state index contributed by atoms with van der Waals surface area (Å²) < 4.78 is 11.5. The second-order valence-electron chi connectivity index (χ2n) is 7.53. The molecule has 1 N–H and O–H groups in total. The van der Waals surface area contributed by atoms with Gasteiger partial charge in [0.1, 0.15) is 17.0 Å². The molecule has 5 nitrogen and oxygen atoms in total. The van der Waals surface area contributed by atoms with Gasteiger partial charge in [-0.2, -0.15) is 0 Å². The standard InChI is InChI=1S/C23H37N3O2/c1-8-26(9-2)12-10-11-17(4)24-15-19-14-20(27-6)22-21(23(19)28-7)16(3)13-18(5)25-22/h13-14,17,24H,8-12,15H2,1-7H3. The summed E-state index contributed by atoms with van der Waals surface area (Å²) >= 11 is 0. The van der Waals surface area contributed by atoms with Crippen molar-refractivity contribution in [3.63, 3.8) is 0 Å². The molecule has 1 atom stereocenters. The molecule has 1 unspecified atom stereocenters. The number of methoxy groups -OCH3 is 2. The van der Waals surface area contributed by atoms with E-state index in [4.69, 9.17) is 14.5 Å². The summed E-state index contributed by atoms with van der Waals surface area (Å²) in [5, 5.41) is 4.70. The first-order chi connectivity index (χ1) is 13.4. The molecule has 2 aromatic rings. The van der Waals surface area contributed by atoms with Gasteiger partial charge < -0.3 is 19.7 Å². The SMILES string of the molecule is CCN(CC)CCCC(C)NCc1cc(OC)c2nc(C)cc(C)c2c1OC. The molecule has 0 bridgehead atoms. The summed E-state index contributed by atoms with van der Waals surface area (Å²) in [5.74, 6) is 1.69. The van der Waals surface area contributed by atoms with Crippen molar-refractivity contribution in [2.45, 2.75) is 60.0 Å². The zero-order valence-corrected chi connectivity index (χ0v) is 18.7. The Balaban J connectivity index is 2.16. The minimum Gasteiger partial charge on any atom is -0.496 e. The van der Waals surface area contributed by atoms with Crippen molar-refractivity contribution >= 4 is 10.9 Å². The molecular formula is C23H37N3O2. The first-order valence-corrected chi connectivity index (χ1v) is 10.4. The number of hydrogen-bond acceptors (Lipinski definition) is 5. The lowest BCUT2D eigenvalue weighted by molar-refractivity contribution is 0.290. The van der Waals surface area contributed by atoms with Crippen LogP contribution in [0.2, 0.25) is 0 Å². The summed E-state index contributed by atoms with van der Waals surface area (Å²) in [6.07, 6.45) is 2.36. The minimum atomic E-state index is 0.444. The molecule has 0 saturated heterocycles. The summed E-state index contributed by atoms with van der Waals surface area (Å²) in [6.45, 7) is 15.0. The summed E-state index contributed by atoms with van der Waals surface area (Å²) in [6, 6.07) is 4.60. The van der Waals surface area contributed by atoms with Crippen molar-refractivity contribution in [3.05, 3.63) is 29.0 Å². The fraction of sp³-hybridized carbons (Fsp3) is 0.609. The molecule has 1 heterocycles. The zero-order chi connectivity index (χ0) is 20.7. The van der Waals surface area contributed by atoms with Crippen LogP contribution in [0.4, 0.5) is 0 Å². The lowest BCUT2D eigenvalue weighted by Gasteiger charge is -2.21. The molecule has 0 aliphatic rings. The van der Waals surface area contributed by atoms with E-state index in [0.29, 0.717) is 6.04 Å². The maximum atomic E-state index is 5.81. The molecule has 0 aliphatic heterocycles. The van der Waals surface area contributed by atoms with Crippen molar-refractivity contribution in [3.8, 4) is 11.5 Å². The van der Waals surface area contributed by atoms with Gasteiger partial charge in [0.05, 0.1) is 14.2 Å². The third-order valence-electron chi connectivity index (χ3n) is 5.47. The van der Waals surface area contributed by atoms with Crippen molar-refractivity contribution in [2.24, 2.45) is 0 Å². The van der Waals surface area contributed by atoms with Crippen molar-refractivity contribution < 1.29 is 9.47 Å². The van der Waals surface area contributed by atoms with E-state index in [0.717, 1.165) is 71.8 Å². The highest BCUT2D eigenvalue weighted by Crippen LogP contribution is 2.37. The maximum Gasteiger partial charge on any atom is 0.145 e. The lowest BCUT2D eigenvalue weighted by Crippen LogP contribution is -2.29. The molecule has 5 heteroatoms. The molecule has 0 spiro atoms. The van der Waals surface area contributed by atoms with Crippen molar-refractivity contribution in [2.75, 3.05) is 33.9 Å². The van der Waals surface area contributed by atoms with E-state index >= 15 is 0 Å². The number of fused-ring (bicyclic) bond motifs is 1. The Morgan fingerprint density at radius 3 is 2.43 bits per heavy atom. The molecule has 0 aliphatic carbocycles. The van der Waals surface area contributed by atoms with Gasteiger partial charge in [-0.05, 0) is 70.9 Å². The van der Waals surface area contributed by atoms with Gasteiger partial charge in [0.2, 0.25) is 0 Å². The molecular weight excluding hydrogens is 350 g/mol. The van der Waals surface area contributed by atoms with Gasteiger partial charge in [0.15, 0.2) is 0 Å². The fourth-order valence-corrected chi connectivity index (χ4v) is 3.82. The highest BCUT2D eigenvalue weighted by Gasteiger charge is 2.17. The smallest absolute Gasteiger partial charge is 0.145 e. The normalized spacial score (nSPS) is 12.6. The molecule has 156 valence electrons. The van der Waals surface area contributed by atoms with Crippen LogP contribution in [0.15, 0.2) is 12.1 Å². The number of rotatable bonds is 11. The number of nitrogens with zero attached hydrogens (tertiary/aromatic N) is 2. The second-order valence-corrected chi connectivity index (χ2v) is 7.53. The number of aryl methyl sites for hydroxylation is 2. The number of pyridine rings is 1. The molecule has 1 aromatic carbocycles. The molecule has 2 rings (SSSR count). The van der Waals surface area contributed by atoms with Gasteiger partial charge in [-0.25, -0.2) is 4.98 Å². The topological polar surface area (TPSA) is 46.6 Å². The van der Waals surface area contributed by atoms with E-state index in [1.165, 1.54) is 6.42 Å². The second kappa shape index (κ2) is 10.6. The highest BCUT2D eigenvalue weighted by atomic mass is 16.5. The van der Waals surface area contributed by atoms with Crippen molar-refractivity contribution in [1.82, 2.24) is 15.2 Å². The third kappa shape index (κ3) is 5.36. The quantitative estimate of drug-likeness (QED) is 0.616. The number of ether oxygens (including phenoxy) is 2. The zero-order valence-electron chi connectivity index (χ0n) is 18.7. The Bertz CT molecular complexity index is 772. The van der Waals surface area contributed by atoms with Crippen LogP contribution in [0.25, 0.3) is 10.9 Å². The van der Waals surface area contributed by atoms with E-state index in [2.05, 4.69) is 50.0 Å². The van der Waals surface area contributed by atoms with E-state index in [-0.39, 0.29) is 0 Å². The number of benzene rings is 1. The number of aromatic nitrogens is 1. The maximum absolute atomic E-state index is 5.81. The molecule has 28 heavy (non-hydrogen) atoms. The summed E-state index contributed by atoms with van der Waals surface area (Å²) in [4.78, 5) is 7.17.